The van der Waals surface area contributed by atoms with Crippen molar-refractivity contribution >= 4 is 0 Å². The summed E-state index contributed by atoms with van der Waals surface area (Å²) in [4.78, 5) is 0. The molecule has 1 heteroatoms. The average Bonchev–Trinajstić information content (AvgIpc) is 2.06. The molecule has 72 valence electrons. The normalized spacial score (nSPS) is 43.0. The maximum atomic E-state index is 6.23. The zero-order valence-corrected chi connectivity index (χ0v) is 8.72. The van der Waals surface area contributed by atoms with E-state index >= 15 is 0 Å². The van der Waals surface area contributed by atoms with Crippen molar-refractivity contribution in [3.8, 4) is 0 Å². The molecule has 4 atom stereocenters. The van der Waals surface area contributed by atoms with Crippen LogP contribution >= 0.6 is 0 Å². The molecule has 1 saturated carbocycles. The molecule has 0 radical (unpaired) electrons. The summed E-state index contributed by atoms with van der Waals surface area (Å²) in [6, 6.07) is 0.476. The van der Waals surface area contributed by atoms with Gasteiger partial charge >= 0.3 is 0 Å². The van der Waals surface area contributed by atoms with Crippen molar-refractivity contribution in [3.63, 3.8) is 0 Å². The highest BCUT2D eigenvalue weighted by Gasteiger charge is 2.32. The monoisotopic (exact) mass is 169 g/mol. The molecule has 12 heavy (non-hydrogen) atoms. The summed E-state index contributed by atoms with van der Waals surface area (Å²) in [5.41, 5.74) is 6.23. The lowest BCUT2D eigenvalue weighted by Gasteiger charge is -2.39. The standard InChI is InChI=1S/C11H23N/c1-4-9-7-6-8(3)10(5-2)11(9)12/h8-11H,4-7,12H2,1-3H3. The van der Waals surface area contributed by atoms with Gasteiger partial charge in [-0.05, 0) is 24.2 Å². The summed E-state index contributed by atoms with van der Waals surface area (Å²) >= 11 is 0. The Balaban J connectivity index is 2.56. The number of hydrogen-bond acceptors (Lipinski definition) is 1. The van der Waals surface area contributed by atoms with Gasteiger partial charge < -0.3 is 5.73 Å². The summed E-state index contributed by atoms with van der Waals surface area (Å²) in [6.07, 6.45) is 5.28. The van der Waals surface area contributed by atoms with Crippen LogP contribution in [0.2, 0.25) is 0 Å². The van der Waals surface area contributed by atoms with Crippen LogP contribution in [-0.4, -0.2) is 6.04 Å². The van der Waals surface area contributed by atoms with Gasteiger partial charge in [0.2, 0.25) is 0 Å². The van der Waals surface area contributed by atoms with E-state index in [0.29, 0.717) is 6.04 Å². The summed E-state index contributed by atoms with van der Waals surface area (Å²) in [7, 11) is 0. The molecule has 0 saturated heterocycles. The fourth-order valence-corrected chi connectivity index (χ4v) is 2.76. The number of nitrogens with two attached hydrogens (primary N) is 1. The molecule has 2 N–H and O–H groups in total. The van der Waals surface area contributed by atoms with Crippen molar-refractivity contribution in [2.24, 2.45) is 23.5 Å². The highest BCUT2D eigenvalue weighted by molar-refractivity contribution is 4.87. The first-order valence-electron chi connectivity index (χ1n) is 5.46. The fourth-order valence-electron chi connectivity index (χ4n) is 2.76. The molecular weight excluding hydrogens is 146 g/mol. The third-order valence-corrected chi connectivity index (χ3v) is 3.76. The quantitative estimate of drug-likeness (QED) is 0.676. The largest absolute Gasteiger partial charge is 0.327 e. The van der Waals surface area contributed by atoms with E-state index in [4.69, 9.17) is 5.73 Å². The Labute approximate surface area is 76.7 Å². The third kappa shape index (κ3) is 1.82. The first-order chi connectivity index (χ1) is 5.70. The maximum absolute atomic E-state index is 6.23. The van der Waals surface area contributed by atoms with Gasteiger partial charge in [0.1, 0.15) is 0 Å². The summed E-state index contributed by atoms with van der Waals surface area (Å²) in [5.74, 6) is 2.43. The molecule has 1 fully saturated rings. The molecule has 1 aliphatic rings. The van der Waals surface area contributed by atoms with Crippen LogP contribution in [0.3, 0.4) is 0 Å². The van der Waals surface area contributed by atoms with E-state index in [0.717, 1.165) is 17.8 Å². The molecule has 0 aromatic carbocycles. The predicted molar refractivity (Wildman–Crippen MR) is 53.9 cm³/mol. The minimum atomic E-state index is 0.476. The zero-order valence-electron chi connectivity index (χ0n) is 8.72. The molecule has 4 unspecified atom stereocenters. The van der Waals surface area contributed by atoms with Gasteiger partial charge in [-0.1, -0.05) is 40.0 Å². The van der Waals surface area contributed by atoms with Gasteiger partial charge in [0.05, 0.1) is 0 Å². The van der Waals surface area contributed by atoms with Crippen molar-refractivity contribution < 1.29 is 0 Å². The maximum Gasteiger partial charge on any atom is 0.00979 e. The topological polar surface area (TPSA) is 26.0 Å². The van der Waals surface area contributed by atoms with Crippen molar-refractivity contribution in [1.29, 1.82) is 0 Å². The van der Waals surface area contributed by atoms with Gasteiger partial charge in [-0.25, -0.2) is 0 Å². The minimum absolute atomic E-state index is 0.476. The summed E-state index contributed by atoms with van der Waals surface area (Å²) in [6.45, 7) is 6.91. The molecule has 1 aliphatic carbocycles. The Morgan fingerprint density at radius 2 is 1.83 bits per heavy atom. The fraction of sp³-hybridized carbons (Fsp3) is 1.00. The van der Waals surface area contributed by atoms with Gasteiger partial charge in [0.25, 0.3) is 0 Å². The van der Waals surface area contributed by atoms with E-state index in [-0.39, 0.29) is 0 Å². The summed E-state index contributed by atoms with van der Waals surface area (Å²) < 4.78 is 0. The Kier molecular flexibility index (Phi) is 3.57. The van der Waals surface area contributed by atoms with Crippen molar-refractivity contribution in [2.75, 3.05) is 0 Å². The van der Waals surface area contributed by atoms with Crippen LogP contribution in [0.25, 0.3) is 0 Å². The lowest BCUT2D eigenvalue weighted by Crippen LogP contribution is -2.43. The highest BCUT2D eigenvalue weighted by Crippen LogP contribution is 2.35. The van der Waals surface area contributed by atoms with Crippen LogP contribution in [-0.2, 0) is 0 Å². The van der Waals surface area contributed by atoms with E-state index in [1.165, 1.54) is 25.7 Å². The Bertz CT molecular complexity index is 133. The Morgan fingerprint density at radius 1 is 1.17 bits per heavy atom. The molecule has 0 heterocycles. The van der Waals surface area contributed by atoms with Crippen molar-refractivity contribution in [1.82, 2.24) is 0 Å². The average molecular weight is 169 g/mol. The molecule has 0 spiro atoms. The number of hydrogen-bond donors (Lipinski definition) is 1. The van der Waals surface area contributed by atoms with Gasteiger partial charge in [0, 0.05) is 6.04 Å². The molecule has 0 aliphatic heterocycles. The lowest BCUT2D eigenvalue weighted by molar-refractivity contribution is 0.149. The van der Waals surface area contributed by atoms with Crippen LogP contribution in [0.15, 0.2) is 0 Å². The molecule has 0 aromatic heterocycles. The van der Waals surface area contributed by atoms with Gasteiger partial charge in [-0.3, -0.25) is 0 Å². The van der Waals surface area contributed by atoms with Gasteiger partial charge in [-0.15, -0.1) is 0 Å². The third-order valence-electron chi connectivity index (χ3n) is 3.76. The van der Waals surface area contributed by atoms with E-state index in [1.807, 2.05) is 0 Å². The molecular formula is C11H23N. The Morgan fingerprint density at radius 3 is 2.33 bits per heavy atom. The van der Waals surface area contributed by atoms with E-state index < -0.39 is 0 Å². The van der Waals surface area contributed by atoms with Gasteiger partial charge in [0.15, 0.2) is 0 Å². The lowest BCUT2D eigenvalue weighted by atomic mass is 9.70. The molecule has 0 aromatic rings. The van der Waals surface area contributed by atoms with Crippen molar-refractivity contribution in [2.45, 2.75) is 52.5 Å². The molecule has 1 nitrogen and oxygen atoms in total. The van der Waals surface area contributed by atoms with Gasteiger partial charge in [-0.2, -0.15) is 0 Å². The second-order valence-electron chi connectivity index (χ2n) is 4.37. The Hall–Kier alpha value is -0.0400. The smallest absolute Gasteiger partial charge is 0.00979 e. The molecule has 0 amide bonds. The zero-order chi connectivity index (χ0) is 9.14. The van der Waals surface area contributed by atoms with Crippen LogP contribution in [0.1, 0.15) is 46.5 Å². The van der Waals surface area contributed by atoms with E-state index in [9.17, 15) is 0 Å². The second-order valence-corrected chi connectivity index (χ2v) is 4.37. The molecule has 1 rings (SSSR count). The summed E-state index contributed by atoms with van der Waals surface area (Å²) in [5, 5.41) is 0. The van der Waals surface area contributed by atoms with Crippen LogP contribution in [0.4, 0.5) is 0 Å². The van der Waals surface area contributed by atoms with E-state index in [2.05, 4.69) is 20.8 Å². The first-order valence-corrected chi connectivity index (χ1v) is 5.46. The van der Waals surface area contributed by atoms with Crippen molar-refractivity contribution in [3.05, 3.63) is 0 Å². The van der Waals surface area contributed by atoms with Crippen LogP contribution < -0.4 is 5.73 Å². The highest BCUT2D eigenvalue weighted by atomic mass is 14.7. The minimum Gasteiger partial charge on any atom is -0.327 e. The van der Waals surface area contributed by atoms with Crippen LogP contribution in [0.5, 0.6) is 0 Å². The van der Waals surface area contributed by atoms with Crippen LogP contribution in [0, 0.1) is 17.8 Å². The van der Waals surface area contributed by atoms with E-state index in [1.54, 1.807) is 0 Å². The number of rotatable bonds is 2. The second kappa shape index (κ2) is 4.27. The molecule has 0 bridgehead atoms. The predicted octanol–water partition coefficient (Wildman–Crippen LogP) is 2.80. The SMILES string of the molecule is CCC1CCC(C)C(CC)C1N. The first kappa shape index (κ1) is 10.0.